The summed E-state index contributed by atoms with van der Waals surface area (Å²) in [6.07, 6.45) is 9.26. The van der Waals surface area contributed by atoms with E-state index in [9.17, 15) is 0 Å². The fourth-order valence-corrected chi connectivity index (χ4v) is 6.42. The van der Waals surface area contributed by atoms with Crippen molar-refractivity contribution in [3.8, 4) is 0 Å². The summed E-state index contributed by atoms with van der Waals surface area (Å²) in [5.41, 5.74) is 6.92. The Kier molecular flexibility index (Phi) is 2.80. The highest BCUT2D eigenvalue weighted by Gasteiger charge is 2.54. The lowest BCUT2D eigenvalue weighted by Gasteiger charge is -2.60. The van der Waals surface area contributed by atoms with E-state index in [4.69, 9.17) is 5.73 Å². The van der Waals surface area contributed by atoms with E-state index in [1.807, 2.05) is 0 Å². The van der Waals surface area contributed by atoms with Gasteiger partial charge in [0.2, 0.25) is 0 Å². The predicted molar refractivity (Wildman–Crippen MR) is 78.8 cm³/mol. The van der Waals surface area contributed by atoms with Crippen LogP contribution >= 0.6 is 0 Å². The Hall–Kier alpha value is -0.0800. The molecule has 2 nitrogen and oxygen atoms in total. The SMILES string of the molecule is CC1CN(C(C)C23CC4CC(CC(C4)C2)C3)CC1N. The average Bonchev–Trinajstić information content (AvgIpc) is 2.67. The van der Waals surface area contributed by atoms with Gasteiger partial charge in [-0.2, -0.15) is 0 Å². The number of hydrogen-bond acceptors (Lipinski definition) is 2. The highest BCUT2D eigenvalue weighted by atomic mass is 15.2. The number of nitrogens with zero attached hydrogens (tertiary/aromatic N) is 1. The summed E-state index contributed by atoms with van der Waals surface area (Å²) in [6.45, 7) is 7.24. The van der Waals surface area contributed by atoms with Crippen LogP contribution in [0.15, 0.2) is 0 Å². The summed E-state index contributed by atoms with van der Waals surface area (Å²) in [4.78, 5) is 2.74. The average molecular weight is 262 g/mol. The lowest BCUT2D eigenvalue weighted by Crippen LogP contribution is -2.55. The maximum absolute atomic E-state index is 6.26. The fraction of sp³-hybridized carbons (Fsp3) is 1.00. The minimum absolute atomic E-state index is 0.413. The van der Waals surface area contributed by atoms with Crippen molar-refractivity contribution in [2.24, 2.45) is 34.8 Å². The molecule has 1 heterocycles. The molecule has 5 aliphatic rings. The molecule has 0 amide bonds. The van der Waals surface area contributed by atoms with Gasteiger partial charge in [-0.3, -0.25) is 4.90 Å². The Balaban J connectivity index is 1.55. The van der Waals surface area contributed by atoms with Crippen LogP contribution in [-0.4, -0.2) is 30.1 Å². The smallest absolute Gasteiger partial charge is 0.0206 e. The molecule has 5 rings (SSSR count). The first-order chi connectivity index (χ1) is 9.06. The molecule has 4 bridgehead atoms. The van der Waals surface area contributed by atoms with Gasteiger partial charge >= 0.3 is 0 Å². The van der Waals surface area contributed by atoms with Crippen molar-refractivity contribution in [2.75, 3.05) is 13.1 Å². The minimum Gasteiger partial charge on any atom is -0.326 e. The van der Waals surface area contributed by atoms with Crippen LogP contribution in [0.25, 0.3) is 0 Å². The molecule has 0 spiro atoms. The first-order valence-electron chi connectivity index (χ1n) is 8.55. The van der Waals surface area contributed by atoms with Gasteiger partial charge < -0.3 is 5.73 Å². The summed E-state index contributed by atoms with van der Waals surface area (Å²) in [7, 11) is 0. The monoisotopic (exact) mass is 262 g/mol. The Labute approximate surface area is 118 Å². The molecule has 3 unspecified atom stereocenters. The van der Waals surface area contributed by atoms with Crippen molar-refractivity contribution in [2.45, 2.75) is 64.5 Å². The molecular weight excluding hydrogens is 232 g/mol. The molecule has 0 aromatic rings. The van der Waals surface area contributed by atoms with E-state index >= 15 is 0 Å². The first kappa shape index (κ1) is 12.6. The number of rotatable bonds is 2. The van der Waals surface area contributed by atoms with Crippen LogP contribution in [0.1, 0.15) is 52.4 Å². The summed E-state index contributed by atoms with van der Waals surface area (Å²) in [5, 5.41) is 0. The third-order valence-electron chi connectivity index (χ3n) is 7.22. The Bertz CT molecular complexity index is 319. The van der Waals surface area contributed by atoms with E-state index in [0.717, 1.165) is 30.3 Å². The van der Waals surface area contributed by atoms with Crippen molar-refractivity contribution in [1.29, 1.82) is 0 Å². The van der Waals surface area contributed by atoms with Gasteiger partial charge in [0.05, 0.1) is 0 Å². The van der Waals surface area contributed by atoms with Crippen LogP contribution < -0.4 is 5.73 Å². The summed E-state index contributed by atoms with van der Waals surface area (Å²) in [5.74, 6) is 3.91. The zero-order valence-electron chi connectivity index (χ0n) is 12.6. The largest absolute Gasteiger partial charge is 0.326 e. The highest BCUT2D eigenvalue weighted by molar-refractivity contribution is 5.06. The van der Waals surface area contributed by atoms with E-state index in [0.29, 0.717) is 17.4 Å². The topological polar surface area (TPSA) is 29.3 Å². The van der Waals surface area contributed by atoms with E-state index in [1.54, 1.807) is 19.3 Å². The molecule has 5 fully saturated rings. The third kappa shape index (κ3) is 1.90. The Morgan fingerprint density at radius 1 is 1.00 bits per heavy atom. The van der Waals surface area contributed by atoms with Crippen LogP contribution in [0.2, 0.25) is 0 Å². The van der Waals surface area contributed by atoms with Gasteiger partial charge in [0.15, 0.2) is 0 Å². The zero-order chi connectivity index (χ0) is 13.2. The number of nitrogens with two attached hydrogens (primary N) is 1. The molecule has 0 radical (unpaired) electrons. The second kappa shape index (κ2) is 4.21. The first-order valence-corrected chi connectivity index (χ1v) is 8.55. The fourth-order valence-electron chi connectivity index (χ4n) is 6.42. The minimum atomic E-state index is 0.413. The second-order valence-corrected chi connectivity index (χ2v) is 8.55. The molecule has 4 saturated carbocycles. The molecule has 108 valence electrons. The normalized spacial score (nSPS) is 54.8. The van der Waals surface area contributed by atoms with Crippen LogP contribution in [0.4, 0.5) is 0 Å². The van der Waals surface area contributed by atoms with E-state index in [-0.39, 0.29) is 0 Å². The standard InChI is InChI=1S/C17H30N2/c1-11-9-19(10-16(11)18)12(2)17-6-13-3-14(7-17)5-15(4-13)8-17/h11-16H,3-10,18H2,1-2H3. The van der Waals surface area contributed by atoms with Gasteiger partial charge in [-0.15, -0.1) is 0 Å². The summed E-state index contributed by atoms with van der Waals surface area (Å²) < 4.78 is 0. The van der Waals surface area contributed by atoms with Crippen LogP contribution in [0, 0.1) is 29.1 Å². The number of likely N-dealkylation sites (tertiary alicyclic amines) is 1. The highest BCUT2D eigenvalue weighted by Crippen LogP contribution is 2.62. The molecule has 0 aromatic heterocycles. The molecule has 19 heavy (non-hydrogen) atoms. The maximum atomic E-state index is 6.26. The van der Waals surface area contributed by atoms with Crippen molar-refractivity contribution in [1.82, 2.24) is 4.90 Å². The van der Waals surface area contributed by atoms with Gasteiger partial charge in [-0.1, -0.05) is 6.92 Å². The van der Waals surface area contributed by atoms with Crippen LogP contribution in [-0.2, 0) is 0 Å². The van der Waals surface area contributed by atoms with Crippen molar-refractivity contribution in [3.63, 3.8) is 0 Å². The third-order valence-corrected chi connectivity index (χ3v) is 7.22. The predicted octanol–water partition coefficient (Wildman–Crippen LogP) is 2.87. The Morgan fingerprint density at radius 2 is 1.53 bits per heavy atom. The van der Waals surface area contributed by atoms with E-state index in [1.165, 1.54) is 25.8 Å². The molecule has 0 aromatic carbocycles. The quantitative estimate of drug-likeness (QED) is 0.829. The van der Waals surface area contributed by atoms with Crippen LogP contribution in [0.3, 0.4) is 0 Å². The lowest BCUT2D eigenvalue weighted by molar-refractivity contribution is -0.0935. The lowest BCUT2D eigenvalue weighted by atomic mass is 9.47. The molecule has 1 saturated heterocycles. The van der Waals surface area contributed by atoms with Gasteiger partial charge in [0.25, 0.3) is 0 Å². The molecule has 4 aliphatic carbocycles. The van der Waals surface area contributed by atoms with Crippen molar-refractivity contribution in [3.05, 3.63) is 0 Å². The van der Waals surface area contributed by atoms with Gasteiger partial charge in [0, 0.05) is 25.2 Å². The van der Waals surface area contributed by atoms with E-state index < -0.39 is 0 Å². The van der Waals surface area contributed by atoms with Gasteiger partial charge in [-0.05, 0) is 74.5 Å². The van der Waals surface area contributed by atoms with Crippen molar-refractivity contribution < 1.29 is 0 Å². The zero-order valence-corrected chi connectivity index (χ0v) is 12.6. The Morgan fingerprint density at radius 3 is 1.95 bits per heavy atom. The maximum Gasteiger partial charge on any atom is 0.0206 e. The van der Waals surface area contributed by atoms with Gasteiger partial charge in [0.1, 0.15) is 0 Å². The molecule has 2 heteroatoms. The molecule has 1 aliphatic heterocycles. The molecule has 3 atom stereocenters. The van der Waals surface area contributed by atoms with Crippen molar-refractivity contribution >= 4 is 0 Å². The molecule has 2 N–H and O–H groups in total. The number of hydrogen-bond donors (Lipinski definition) is 1. The molecular formula is C17H30N2. The second-order valence-electron chi connectivity index (χ2n) is 8.55. The summed E-state index contributed by atoms with van der Waals surface area (Å²) >= 11 is 0. The van der Waals surface area contributed by atoms with Gasteiger partial charge in [-0.25, -0.2) is 0 Å². The van der Waals surface area contributed by atoms with Crippen LogP contribution in [0.5, 0.6) is 0 Å². The summed E-state index contributed by atoms with van der Waals surface area (Å²) in [6, 6.07) is 1.19. The van der Waals surface area contributed by atoms with E-state index in [2.05, 4.69) is 18.7 Å².